The molecule has 0 amide bonds. The highest BCUT2D eigenvalue weighted by Crippen LogP contribution is 2.53. The van der Waals surface area contributed by atoms with Gasteiger partial charge in [0.15, 0.2) is 11.6 Å². The molecule has 0 bridgehead atoms. The van der Waals surface area contributed by atoms with E-state index in [9.17, 15) is 9.59 Å². The first-order valence-electron chi connectivity index (χ1n) is 10.6. The van der Waals surface area contributed by atoms with Gasteiger partial charge in [0.05, 0.1) is 5.69 Å². The van der Waals surface area contributed by atoms with Crippen LogP contribution in [0.25, 0.3) is 0 Å². The standard InChI is InChI=1S/C25H30BrNO3/c1-24(2)10-17(28)22-19(12-24)30-20-13-25(3,4)11-18(29)23(20)21(22)14-7-8-16(27(5)6)15(26)9-14/h7-9,21H,10-13H2,1-6H3. The zero-order valence-electron chi connectivity index (χ0n) is 18.7. The molecule has 0 atom stereocenters. The lowest BCUT2D eigenvalue weighted by atomic mass is 9.65. The van der Waals surface area contributed by atoms with Crippen LogP contribution in [0, 0.1) is 10.8 Å². The number of anilines is 1. The lowest BCUT2D eigenvalue weighted by molar-refractivity contribution is -0.120. The first-order valence-corrected chi connectivity index (χ1v) is 11.3. The van der Waals surface area contributed by atoms with Gasteiger partial charge >= 0.3 is 0 Å². The second kappa shape index (κ2) is 7.08. The van der Waals surface area contributed by atoms with Crippen molar-refractivity contribution in [2.45, 2.75) is 59.3 Å². The Labute approximate surface area is 187 Å². The predicted octanol–water partition coefficient (Wildman–Crippen LogP) is 5.92. The van der Waals surface area contributed by atoms with E-state index in [0.29, 0.717) is 36.8 Å². The van der Waals surface area contributed by atoms with Gasteiger partial charge in [0.25, 0.3) is 0 Å². The summed E-state index contributed by atoms with van der Waals surface area (Å²) in [5.41, 5.74) is 3.12. The maximum Gasteiger partial charge on any atom is 0.163 e. The molecule has 30 heavy (non-hydrogen) atoms. The van der Waals surface area contributed by atoms with E-state index in [4.69, 9.17) is 4.74 Å². The van der Waals surface area contributed by atoms with Gasteiger partial charge in [0.1, 0.15) is 11.5 Å². The van der Waals surface area contributed by atoms with Crippen LogP contribution in [0.1, 0.15) is 64.9 Å². The number of allylic oxidation sites excluding steroid dienone is 4. The largest absolute Gasteiger partial charge is 0.465 e. The average molecular weight is 472 g/mol. The van der Waals surface area contributed by atoms with E-state index in [2.05, 4.69) is 49.7 Å². The summed E-state index contributed by atoms with van der Waals surface area (Å²) in [4.78, 5) is 28.6. The third kappa shape index (κ3) is 3.66. The van der Waals surface area contributed by atoms with Crippen LogP contribution in [0.15, 0.2) is 45.3 Å². The summed E-state index contributed by atoms with van der Waals surface area (Å²) in [5.74, 6) is 1.38. The molecule has 0 N–H and O–H groups in total. The Kier molecular flexibility index (Phi) is 5.04. The maximum atomic E-state index is 13.3. The highest BCUT2D eigenvalue weighted by atomic mass is 79.9. The fourth-order valence-electron chi connectivity index (χ4n) is 5.07. The van der Waals surface area contributed by atoms with Crippen LogP contribution in [-0.4, -0.2) is 25.7 Å². The van der Waals surface area contributed by atoms with Crippen LogP contribution >= 0.6 is 15.9 Å². The van der Waals surface area contributed by atoms with E-state index in [0.717, 1.165) is 27.2 Å². The van der Waals surface area contributed by atoms with Crippen molar-refractivity contribution < 1.29 is 14.3 Å². The number of ketones is 2. The fraction of sp³-hybridized carbons (Fsp3) is 0.520. The van der Waals surface area contributed by atoms with Crippen molar-refractivity contribution in [3.8, 4) is 0 Å². The molecule has 0 spiro atoms. The van der Waals surface area contributed by atoms with Crippen LogP contribution in [0.2, 0.25) is 0 Å². The molecule has 1 heterocycles. The molecule has 3 aliphatic rings. The van der Waals surface area contributed by atoms with E-state index in [1.807, 2.05) is 31.1 Å². The van der Waals surface area contributed by atoms with Crippen molar-refractivity contribution >= 4 is 33.2 Å². The lowest BCUT2D eigenvalue weighted by Gasteiger charge is -2.42. The number of Topliss-reactive ketones (excluding diaryl/α,β-unsaturated/α-hetero) is 2. The van der Waals surface area contributed by atoms with Crippen LogP contribution in [-0.2, 0) is 14.3 Å². The number of carbonyl (C=O) groups is 2. The highest BCUT2D eigenvalue weighted by Gasteiger charge is 2.47. The van der Waals surface area contributed by atoms with Gasteiger partial charge in [-0.3, -0.25) is 9.59 Å². The molecule has 2 aliphatic carbocycles. The Bertz CT molecular complexity index is 961. The third-order valence-corrected chi connectivity index (χ3v) is 7.00. The first-order chi connectivity index (χ1) is 13.9. The van der Waals surface area contributed by atoms with Gasteiger partial charge in [-0.15, -0.1) is 0 Å². The van der Waals surface area contributed by atoms with Crippen molar-refractivity contribution in [1.82, 2.24) is 0 Å². The van der Waals surface area contributed by atoms with Crippen LogP contribution in [0.4, 0.5) is 5.69 Å². The predicted molar refractivity (Wildman–Crippen MR) is 122 cm³/mol. The lowest BCUT2D eigenvalue weighted by Crippen LogP contribution is -2.37. The Balaban J connectivity index is 1.91. The van der Waals surface area contributed by atoms with E-state index in [1.165, 1.54) is 0 Å². The van der Waals surface area contributed by atoms with E-state index < -0.39 is 0 Å². The highest BCUT2D eigenvalue weighted by molar-refractivity contribution is 9.10. The van der Waals surface area contributed by atoms with E-state index in [1.54, 1.807) is 0 Å². The summed E-state index contributed by atoms with van der Waals surface area (Å²) in [6.45, 7) is 8.43. The van der Waals surface area contributed by atoms with Gasteiger partial charge in [0, 0.05) is 61.3 Å². The molecule has 4 nitrogen and oxygen atoms in total. The molecule has 1 aromatic carbocycles. The van der Waals surface area contributed by atoms with Crippen molar-refractivity contribution in [3.63, 3.8) is 0 Å². The summed E-state index contributed by atoms with van der Waals surface area (Å²) in [7, 11) is 3.99. The van der Waals surface area contributed by atoms with Gasteiger partial charge in [-0.2, -0.15) is 0 Å². The molecule has 5 heteroatoms. The molecule has 0 saturated heterocycles. The topological polar surface area (TPSA) is 46.6 Å². The van der Waals surface area contributed by atoms with Gasteiger partial charge in [-0.25, -0.2) is 0 Å². The van der Waals surface area contributed by atoms with Crippen molar-refractivity contribution in [2.24, 2.45) is 10.8 Å². The molecule has 4 rings (SSSR count). The molecular weight excluding hydrogens is 442 g/mol. The minimum absolute atomic E-state index is 0.100. The Morgan fingerprint density at radius 1 is 0.900 bits per heavy atom. The van der Waals surface area contributed by atoms with Gasteiger partial charge in [-0.05, 0) is 44.5 Å². The number of nitrogens with zero attached hydrogens (tertiary/aromatic N) is 1. The number of rotatable bonds is 2. The monoisotopic (exact) mass is 471 g/mol. The van der Waals surface area contributed by atoms with Crippen LogP contribution < -0.4 is 4.90 Å². The molecule has 1 aromatic rings. The fourth-order valence-corrected chi connectivity index (χ4v) is 5.82. The van der Waals surface area contributed by atoms with Crippen LogP contribution in [0.3, 0.4) is 0 Å². The normalized spacial score (nSPS) is 23.2. The SMILES string of the molecule is CN(C)c1ccc(C2C3=C(CC(C)(C)CC3=O)OC3=C2C(=O)CC(C)(C)C3)cc1Br. The molecule has 0 saturated carbocycles. The quantitative estimate of drug-likeness (QED) is 0.537. The zero-order valence-corrected chi connectivity index (χ0v) is 20.3. The summed E-state index contributed by atoms with van der Waals surface area (Å²) >= 11 is 3.68. The summed E-state index contributed by atoms with van der Waals surface area (Å²) in [6.07, 6.45) is 2.38. The molecule has 1 aliphatic heterocycles. The number of halogens is 1. The first kappa shape index (κ1) is 21.4. The molecule has 0 radical (unpaired) electrons. The molecule has 0 unspecified atom stereocenters. The minimum Gasteiger partial charge on any atom is -0.465 e. The molecule has 160 valence electrons. The van der Waals surface area contributed by atoms with Crippen molar-refractivity contribution in [3.05, 3.63) is 50.9 Å². The minimum atomic E-state index is -0.344. The second-order valence-corrected chi connectivity index (χ2v) is 11.6. The van der Waals surface area contributed by atoms with E-state index in [-0.39, 0.29) is 28.3 Å². The Morgan fingerprint density at radius 2 is 1.40 bits per heavy atom. The van der Waals surface area contributed by atoms with E-state index >= 15 is 0 Å². The number of ether oxygens (including phenoxy) is 1. The Morgan fingerprint density at radius 3 is 1.83 bits per heavy atom. The van der Waals surface area contributed by atoms with Gasteiger partial charge < -0.3 is 9.64 Å². The molecule has 0 aromatic heterocycles. The Hall–Kier alpha value is -1.88. The van der Waals surface area contributed by atoms with Gasteiger partial charge in [0.2, 0.25) is 0 Å². The van der Waals surface area contributed by atoms with Crippen molar-refractivity contribution in [1.29, 1.82) is 0 Å². The molecular formula is C25H30BrNO3. The van der Waals surface area contributed by atoms with Gasteiger partial charge in [-0.1, -0.05) is 33.8 Å². The molecule has 0 fully saturated rings. The number of benzene rings is 1. The average Bonchev–Trinajstić information content (AvgIpc) is 2.57. The summed E-state index contributed by atoms with van der Waals surface area (Å²) in [5, 5.41) is 0. The number of hydrogen-bond donors (Lipinski definition) is 0. The second-order valence-electron chi connectivity index (χ2n) is 10.7. The smallest absolute Gasteiger partial charge is 0.163 e. The summed E-state index contributed by atoms with van der Waals surface area (Å²) < 4.78 is 7.30. The zero-order chi connectivity index (χ0) is 22.0. The van der Waals surface area contributed by atoms with Crippen molar-refractivity contribution in [2.75, 3.05) is 19.0 Å². The summed E-state index contributed by atoms with van der Waals surface area (Å²) in [6, 6.07) is 6.15. The maximum absolute atomic E-state index is 13.3. The number of hydrogen-bond acceptors (Lipinski definition) is 4. The third-order valence-electron chi connectivity index (χ3n) is 6.37. The van der Waals surface area contributed by atoms with Crippen LogP contribution in [0.5, 0.6) is 0 Å². The number of carbonyl (C=O) groups excluding carboxylic acids is 2.